The molecule has 72 valence electrons. The van der Waals surface area contributed by atoms with Crippen molar-refractivity contribution in [2.45, 2.75) is 6.92 Å². The van der Waals surface area contributed by atoms with Crippen LogP contribution in [0.25, 0.3) is 11.5 Å². The monoisotopic (exact) mass is 253 g/mol. The van der Waals surface area contributed by atoms with E-state index in [1.807, 2.05) is 19.1 Å². The van der Waals surface area contributed by atoms with Gasteiger partial charge in [0, 0.05) is 0 Å². The van der Waals surface area contributed by atoms with Crippen LogP contribution in [0.4, 0.5) is 5.82 Å². The van der Waals surface area contributed by atoms with Crippen LogP contribution in [0.1, 0.15) is 5.76 Å². The van der Waals surface area contributed by atoms with Crippen molar-refractivity contribution in [1.82, 2.24) is 9.97 Å². The van der Waals surface area contributed by atoms with Crippen LogP contribution in [-0.2, 0) is 0 Å². The molecule has 5 heteroatoms. The highest BCUT2D eigenvalue weighted by Gasteiger charge is 2.09. The Balaban J connectivity index is 2.55. The number of anilines is 1. The third-order valence-electron chi connectivity index (χ3n) is 1.75. The molecule has 2 aromatic heterocycles. The maximum absolute atomic E-state index is 5.68. The molecule has 0 fully saturated rings. The number of furan rings is 1. The molecular weight excluding hydrogens is 246 g/mol. The minimum absolute atomic E-state index is 0.363. The summed E-state index contributed by atoms with van der Waals surface area (Å²) in [7, 11) is 0. The van der Waals surface area contributed by atoms with E-state index < -0.39 is 0 Å². The van der Waals surface area contributed by atoms with Crippen LogP contribution < -0.4 is 5.73 Å². The Labute approximate surface area is 89.3 Å². The zero-order chi connectivity index (χ0) is 10.1. The van der Waals surface area contributed by atoms with Crippen LogP contribution in [0, 0.1) is 6.92 Å². The smallest absolute Gasteiger partial charge is 0.156 e. The third-order valence-corrected chi connectivity index (χ3v) is 2.13. The summed E-state index contributed by atoms with van der Waals surface area (Å²) in [5.41, 5.74) is 6.24. The molecule has 0 aliphatic carbocycles. The fourth-order valence-corrected chi connectivity index (χ4v) is 1.40. The molecule has 2 N–H and O–H groups in total. The molecule has 0 aliphatic heterocycles. The first kappa shape index (κ1) is 9.21. The zero-order valence-corrected chi connectivity index (χ0v) is 9.08. The lowest BCUT2D eigenvalue weighted by Gasteiger charge is -2.00. The molecular formula is C9H8BrN3O. The van der Waals surface area contributed by atoms with Gasteiger partial charge < -0.3 is 10.2 Å². The molecule has 2 aromatic rings. The van der Waals surface area contributed by atoms with Gasteiger partial charge in [-0.15, -0.1) is 0 Å². The van der Waals surface area contributed by atoms with E-state index in [0.717, 1.165) is 5.76 Å². The van der Waals surface area contributed by atoms with Gasteiger partial charge in [0.05, 0.1) is 6.20 Å². The molecule has 0 amide bonds. The van der Waals surface area contributed by atoms with Gasteiger partial charge in [-0.2, -0.15) is 0 Å². The average molecular weight is 254 g/mol. The molecule has 0 atom stereocenters. The molecule has 2 heterocycles. The van der Waals surface area contributed by atoms with Crippen molar-refractivity contribution in [3.63, 3.8) is 0 Å². The van der Waals surface area contributed by atoms with Gasteiger partial charge in [-0.1, -0.05) is 0 Å². The normalized spacial score (nSPS) is 10.4. The average Bonchev–Trinajstić information content (AvgIpc) is 2.56. The second kappa shape index (κ2) is 3.42. The minimum Gasteiger partial charge on any atom is -0.460 e. The van der Waals surface area contributed by atoms with Crippen LogP contribution in [0.3, 0.4) is 0 Å². The molecule has 2 rings (SSSR count). The Morgan fingerprint density at radius 2 is 2.21 bits per heavy atom. The summed E-state index contributed by atoms with van der Waals surface area (Å²) in [6.07, 6.45) is 1.55. The molecule has 0 bridgehead atoms. The van der Waals surface area contributed by atoms with Crippen LogP contribution in [-0.4, -0.2) is 9.97 Å². The van der Waals surface area contributed by atoms with Gasteiger partial charge in [-0.25, -0.2) is 9.97 Å². The highest BCUT2D eigenvalue weighted by Crippen LogP contribution is 2.25. The van der Waals surface area contributed by atoms with E-state index in [1.54, 1.807) is 6.20 Å². The van der Waals surface area contributed by atoms with Crippen LogP contribution in [0.5, 0.6) is 0 Å². The Bertz CT molecular complexity index is 467. The number of rotatable bonds is 1. The summed E-state index contributed by atoms with van der Waals surface area (Å²) in [6.45, 7) is 1.87. The minimum atomic E-state index is 0.363. The number of hydrogen-bond donors (Lipinski definition) is 1. The molecule has 0 spiro atoms. The third kappa shape index (κ3) is 1.63. The van der Waals surface area contributed by atoms with Gasteiger partial charge in [-0.05, 0) is 35.0 Å². The first-order valence-electron chi connectivity index (χ1n) is 4.01. The van der Waals surface area contributed by atoms with E-state index in [0.29, 0.717) is 21.9 Å². The summed E-state index contributed by atoms with van der Waals surface area (Å²) in [5.74, 6) is 1.82. The summed E-state index contributed by atoms with van der Waals surface area (Å²) >= 11 is 3.23. The standard InChI is InChI=1S/C9H8BrN3O/c1-5-2-3-6(14-5)8-9(11)12-4-7(10)13-8/h2-4H,1H3,(H2,11,12). The lowest BCUT2D eigenvalue weighted by molar-refractivity contribution is 0.546. The van der Waals surface area contributed by atoms with E-state index in [4.69, 9.17) is 10.2 Å². The molecule has 4 nitrogen and oxygen atoms in total. The Kier molecular flexibility index (Phi) is 2.25. The number of nitrogens with two attached hydrogens (primary N) is 1. The largest absolute Gasteiger partial charge is 0.460 e. The fourth-order valence-electron chi connectivity index (χ4n) is 1.12. The van der Waals surface area contributed by atoms with Crippen molar-refractivity contribution in [3.05, 3.63) is 28.7 Å². The van der Waals surface area contributed by atoms with Gasteiger partial charge in [0.25, 0.3) is 0 Å². The highest BCUT2D eigenvalue weighted by molar-refractivity contribution is 9.10. The fraction of sp³-hybridized carbons (Fsp3) is 0.111. The number of halogens is 1. The predicted molar refractivity (Wildman–Crippen MR) is 56.6 cm³/mol. The Hall–Kier alpha value is -1.36. The summed E-state index contributed by atoms with van der Waals surface area (Å²) in [5, 5.41) is 0. The quantitative estimate of drug-likeness (QED) is 0.848. The van der Waals surface area contributed by atoms with Gasteiger partial charge in [0.1, 0.15) is 16.1 Å². The lowest BCUT2D eigenvalue weighted by atomic mass is 10.3. The maximum atomic E-state index is 5.68. The predicted octanol–water partition coefficient (Wildman–Crippen LogP) is 2.39. The molecule has 0 radical (unpaired) electrons. The highest BCUT2D eigenvalue weighted by atomic mass is 79.9. The van der Waals surface area contributed by atoms with E-state index in [2.05, 4.69) is 25.9 Å². The topological polar surface area (TPSA) is 64.9 Å². The van der Waals surface area contributed by atoms with E-state index >= 15 is 0 Å². The zero-order valence-electron chi connectivity index (χ0n) is 7.49. The SMILES string of the molecule is Cc1ccc(-c2nc(Br)cnc2N)o1. The first-order valence-corrected chi connectivity index (χ1v) is 4.81. The number of hydrogen-bond acceptors (Lipinski definition) is 4. The molecule has 0 aliphatic rings. The van der Waals surface area contributed by atoms with Crippen molar-refractivity contribution >= 4 is 21.7 Å². The van der Waals surface area contributed by atoms with Gasteiger partial charge >= 0.3 is 0 Å². The van der Waals surface area contributed by atoms with Crippen LogP contribution in [0.2, 0.25) is 0 Å². The van der Waals surface area contributed by atoms with E-state index in [9.17, 15) is 0 Å². The summed E-state index contributed by atoms with van der Waals surface area (Å²) < 4.78 is 6.04. The number of aryl methyl sites for hydroxylation is 1. The van der Waals surface area contributed by atoms with Gasteiger partial charge in [-0.3, -0.25) is 0 Å². The Morgan fingerprint density at radius 1 is 1.43 bits per heavy atom. The molecule has 0 aromatic carbocycles. The van der Waals surface area contributed by atoms with E-state index in [1.165, 1.54) is 0 Å². The van der Waals surface area contributed by atoms with Gasteiger partial charge in [0.2, 0.25) is 0 Å². The van der Waals surface area contributed by atoms with Crippen molar-refractivity contribution in [1.29, 1.82) is 0 Å². The molecule has 0 unspecified atom stereocenters. The van der Waals surface area contributed by atoms with Crippen molar-refractivity contribution in [2.75, 3.05) is 5.73 Å². The number of nitrogens with zero attached hydrogens (tertiary/aromatic N) is 2. The maximum Gasteiger partial charge on any atom is 0.156 e. The lowest BCUT2D eigenvalue weighted by Crippen LogP contribution is -1.96. The Morgan fingerprint density at radius 3 is 2.86 bits per heavy atom. The van der Waals surface area contributed by atoms with Crippen LogP contribution in [0.15, 0.2) is 27.3 Å². The number of nitrogen functional groups attached to an aromatic ring is 1. The van der Waals surface area contributed by atoms with Crippen LogP contribution >= 0.6 is 15.9 Å². The summed E-state index contributed by atoms with van der Waals surface area (Å²) in [4.78, 5) is 8.16. The van der Waals surface area contributed by atoms with Crippen molar-refractivity contribution < 1.29 is 4.42 Å². The van der Waals surface area contributed by atoms with Crippen molar-refractivity contribution in [2.24, 2.45) is 0 Å². The molecule has 0 saturated heterocycles. The van der Waals surface area contributed by atoms with Crippen molar-refractivity contribution in [3.8, 4) is 11.5 Å². The second-order valence-corrected chi connectivity index (χ2v) is 3.65. The number of aromatic nitrogens is 2. The summed E-state index contributed by atoms with van der Waals surface area (Å²) in [6, 6.07) is 3.68. The second-order valence-electron chi connectivity index (χ2n) is 2.84. The molecule has 0 saturated carbocycles. The molecule has 14 heavy (non-hydrogen) atoms. The van der Waals surface area contributed by atoms with E-state index in [-0.39, 0.29) is 0 Å². The van der Waals surface area contributed by atoms with Gasteiger partial charge in [0.15, 0.2) is 11.6 Å². The first-order chi connectivity index (χ1) is 6.66.